The van der Waals surface area contributed by atoms with Crippen molar-refractivity contribution in [2.24, 2.45) is 0 Å². The van der Waals surface area contributed by atoms with E-state index in [1.54, 1.807) is 6.92 Å². The summed E-state index contributed by atoms with van der Waals surface area (Å²) in [5.74, 6) is 0.0655. The second-order valence-electron chi connectivity index (χ2n) is 4.02. The lowest BCUT2D eigenvalue weighted by Gasteiger charge is -1.90. The first kappa shape index (κ1) is 11.5. The summed E-state index contributed by atoms with van der Waals surface area (Å²) in [4.78, 5) is 16.7. The van der Waals surface area contributed by atoms with Crippen LogP contribution in [0.4, 0.5) is 0 Å². The van der Waals surface area contributed by atoms with Gasteiger partial charge in [-0.1, -0.05) is 18.2 Å². The van der Waals surface area contributed by atoms with Gasteiger partial charge in [0.05, 0.1) is 15.3 Å². The normalized spacial score (nSPS) is 11.0. The van der Waals surface area contributed by atoms with Gasteiger partial charge in [-0.15, -0.1) is 11.3 Å². The Balaban J connectivity index is 2.20. The minimum Gasteiger partial charge on any atom is -0.294 e. The van der Waals surface area contributed by atoms with Gasteiger partial charge >= 0.3 is 0 Å². The van der Waals surface area contributed by atoms with E-state index in [1.165, 1.54) is 22.9 Å². The molecule has 0 atom stereocenters. The Morgan fingerprint density at radius 2 is 2.06 bits per heavy atom. The van der Waals surface area contributed by atoms with Crippen molar-refractivity contribution in [1.29, 1.82) is 0 Å². The number of carbonyl (C=O) groups excluding carboxylic acids is 1. The van der Waals surface area contributed by atoms with Gasteiger partial charge in [0.25, 0.3) is 0 Å². The van der Waals surface area contributed by atoms with Crippen LogP contribution in [0.1, 0.15) is 22.3 Å². The molecule has 90 valence electrons. The Labute approximate surface area is 112 Å². The quantitative estimate of drug-likeness (QED) is 0.665. The maximum Gasteiger partial charge on any atom is 0.171 e. The average molecular weight is 274 g/mol. The zero-order valence-electron chi connectivity index (χ0n) is 9.93. The van der Waals surface area contributed by atoms with Crippen LogP contribution < -0.4 is 0 Å². The van der Waals surface area contributed by atoms with E-state index < -0.39 is 0 Å². The first-order chi connectivity index (χ1) is 8.66. The topological polar surface area (TPSA) is 42.9 Å². The fraction of sp³-hybridized carbons (Fsp3) is 0.154. The molecule has 0 saturated heterocycles. The largest absolute Gasteiger partial charge is 0.294 e. The number of aryl methyl sites for hydroxylation is 1. The van der Waals surface area contributed by atoms with Crippen molar-refractivity contribution in [3.8, 4) is 10.7 Å². The van der Waals surface area contributed by atoms with E-state index in [9.17, 15) is 4.79 Å². The van der Waals surface area contributed by atoms with Gasteiger partial charge in [0.15, 0.2) is 5.78 Å². The van der Waals surface area contributed by atoms with Gasteiger partial charge in [0, 0.05) is 12.3 Å². The molecule has 1 aromatic carbocycles. The van der Waals surface area contributed by atoms with Crippen LogP contribution in [0.2, 0.25) is 0 Å². The molecule has 3 nitrogen and oxygen atoms in total. The van der Waals surface area contributed by atoms with E-state index in [1.807, 2.05) is 31.2 Å². The number of ketones is 1. The molecule has 0 saturated carbocycles. The zero-order chi connectivity index (χ0) is 12.7. The summed E-state index contributed by atoms with van der Waals surface area (Å²) in [5.41, 5.74) is 1.68. The van der Waals surface area contributed by atoms with Crippen molar-refractivity contribution in [1.82, 2.24) is 9.36 Å². The molecule has 0 fully saturated rings. The van der Waals surface area contributed by atoms with Crippen LogP contribution in [0.5, 0.6) is 0 Å². The van der Waals surface area contributed by atoms with Gasteiger partial charge in [-0.3, -0.25) is 4.79 Å². The Morgan fingerprint density at radius 3 is 2.78 bits per heavy atom. The van der Waals surface area contributed by atoms with E-state index >= 15 is 0 Å². The first-order valence-corrected chi connectivity index (χ1v) is 7.09. The fourth-order valence-corrected chi connectivity index (χ4v) is 3.66. The van der Waals surface area contributed by atoms with Gasteiger partial charge in [-0.2, -0.15) is 4.37 Å². The van der Waals surface area contributed by atoms with Crippen molar-refractivity contribution in [2.45, 2.75) is 13.8 Å². The molecule has 2 aromatic heterocycles. The average Bonchev–Trinajstić information content (AvgIpc) is 2.92. The van der Waals surface area contributed by atoms with Gasteiger partial charge < -0.3 is 0 Å². The monoisotopic (exact) mass is 274 g/mol. The molecule has 18 heavy (non-hydrogen) atoms. The van der Waals surface area contributed by atoms with Crippen LogP contribution in [0.15, 0.2) is 24.3 Å². The number of carbonyl (C=O) groups is 1. The number of aromatic nitrogens is 2. The van der Waals surface area contributed by atoms with Crippen molar-refractivity contribution < 1.29 is 4.79 Å². The van der Waals surface area contributed by atoms with Crippen LogP contribution in [0.3, 0.4) is 0 Å². The standard InChI is InChI=1S/C13H10N2OS2/c1-7-12(8(2)16)17-13(14-7)11-9-5-3-4-6-10(9)18-15-11/h3-6H,1-2H3. The van der Waals surface area contributed by atoms with Crippen LogP contribution in [0, 0.1) is 6.92 Å². The van der Waals surface area contributed by atoms with Crippen molar-refractivity contribution in [3.63, 3.8) is 0 Å². The van der Waals surface area contributed by atoms with Gasteiger partial charge in [-0.25, -0.2) is 4.98 Å². The van der Waals surface area contributed by atoms with E-state index in [4.69, 9.17) is 0 Å². The van der Waals surface area contributed by atoms with Crippen molar-refractivity contribution in [3.05, 3.63) is 34.8 Å². The number of Topliss-reactive ketones (excluding diaryl/α,β-unsaturated/α-hetero) is 1. The molecule has 0 spiro atoms. The first-order valence-electron chi connectivity index (χ1n) is 5.50. The molecule has 3 rings (SSSR count). The van der Waals surface area contributed by atoms with Crippen LogP contribution in [-0.4, -0.2) is 15.1 Å². The molecular weight excluding hydrogens is 264 g/mol. The molecule has 5 heteroatoms. The summed E-state index contributed by atoms with van der Waals surface area (Å²) in [5, 5.41) is 1.93. The van der Waals surface area contributed by atoms with E-state index in [0.29, 0.717) is 0 Å². The van der Waals surface area contributed by atoms with E-state index in [0.717, 1.165) is 31.4 Å². The second kappa shape index (κ2) is 4.26. The third kappa shape index (κ3) is 1.76. The van der Waals surface area contributed by atoms with Gasteiger partial charge in [-0.05, 0) is 24.5 Å². The number of benzene rings is 1. The highest BCUT2D eigenvalue weighted by Crippen LogP contribution is 2.34. The second-order valence-corrected chi connectivity index (χ2v) is 5.82. The molecule has 0 aliphatic rings. The van der Waals surface area contributed by atoms with Crippen molar-refractivity contribution >= 4 is 38.7 Å². The molecule has 0 bridgehead atoms. The Bertz CT molecular complexity index is 742. The highest BCUT2D eigenvalue weighted by atomic mass is 32.1. The number of thiazole rings is 1. The number of hydrogen-bond donors (Lipinski definition) is 0. The summed E-state index contributed by atoms with van der Waals surface area (Å²) in [6.45, 7) is 3.44. The van der Waals surface area contributed by atoms with E-state index in [2.05, 4.69) is 9.36 Å². The van der Waals surface area contributed by atoms with Crippen LogP contribution >= 0.6 is 22.9 Å². The maximum absolute atomic E-state index is 11.5. The predicted octanol–water partition coefficient (Wildman–Crippen LogP) is 3.93. The highest BCUT2D eigenvalue weighted by Gasteiger charge is 2.16. The molecule has 3 aromatic rings. The molecule has 0 aliphatic carbocycles. The zero-order valence-corrected chi connectivity index (χ0v) is 11.6. The molecular formula is C13H10N2OS2. The molecule has 0 radical (unpaired) electrons. The number of rotatable bonds is 2. The number of hydrogen-bond acceptors (Lipinski definition) is 5. The molecule has 0 aliphatic heterocycles. The smallest absolute Gasteiger partial charge is 0.171 e. The SMILES string of the molecule is CC(=O)c1sc(-c2nsc3ccccc23)nc1C. The summed E-state index contributed by atoms with van der Waals surface area (Å²) in [6.07, 6.45) is 0. The maximum atomic E-state index is 11.5. The lowest BCUT2D eigenvalue weighted by atomic mass is 10.2. The number of fused-ring (bicyclic) bond motifs is 1. The van der Waals surface area contributed by atoms with Crippen LogP contribution in [-0.2, 0) is 0 Å². The lowest BCUT2D eigenvalue weighted by Crippen LogP contribution is -1.89. The summed E-state index contributed by atoms with van der Waals surface area (Å²) in [7, 11) is 0. The fourth-order valence-electron chi connectivity index (χ4n) is 1.86. The Kier molecular flexibility index (Phi) is 2.72. The molecule has 0 amide bonds. The Morgan fingerprint density at radius 1 is 1.28 bits per heavy atom. The van der Waals surface area contributed by atoms with Crippen molar-refractivity contribution in [2.75, 3.05) is 0 Å². The molecule has 2 heterocycles. The third-order valence-corrected chi connectivity index (χ3v) is 4.79. The lowest BCUT2D eigenvalue weighted by molar-refractivity contribution is 0.102. The summed E-state index contributed by atoms with van der Waals surface area (Å²) < 4.78 is 5.60. The summed E-state index contributed by atoms with van der Waals surface area (Å²) in [6, 6.07) is 8.08. The van der Waals surface area contributed by atoms with Crippen LogP contribution in [0.25, 0.3) is 20.8 Å². The minimum absolute atomic E-state index is 0.0655. The minimum atomic E-state index is 0.0655. The number of nitrogens with zero attached hydrogens (tertiary/aromatic N) is 2. The predicted molar refractivity (Wildman–Crippen MR) is 75.5 cm³/mol. The van der Waals surface area contributed by atoms with E-state index in [-0.39, 0.29) is 5.78 Å². The van der Waals surface area contributed by atoms with Gasteiger partial charge in [0.1, 0.15) is 10.7 Å². The van der Waals surface area contributed by atoms with Gasteiger partial charge in [0.2, 0.25) is 0 Å². The Hall–Kier alpha value is -1.59. The highest BCUT2D eigenvalue weighted by molar-refractivity contribution is 7.18. The third-order valence-electron chi connectivity index (χ3n) is 2.70. The molecule has 0 N–H and O–H groups in total. The molecule has 0 unspecified atom stereocenters. The summed E-state index contributed by atoms with van der Waals surface area (Å²) >= 11 is 2.89.